The summed E-state index contributed by atoms with van der Waals surface area (Å²) in [5.41, 5.74) is 2.89. The number of nitrogens with zero attached hydrogens (tertiary/aromatic N) is 2. The van der Waals surface area contributed by atoms with Crippen LogP contribution in [0, 0.1) is 0 Å². The molecule has 1 atom stereocenters. The van der Waals surface area contributed by atoms with E-state index in [1.165, 1.54) is 4.57 Å². The molecule has 0 saturated heterocycles. The molecule has 0 unspecified atom stereocenters. The highest BCUT2D eigenvalue weighted by molar-refractivity contribution is 7.07. The number of nitrogens with one attached hydrogen (secondary N) is 1. The van der Waals surface area contributed by atoms with Crippen molar-refractivity contribution in [1.82, 2.24) is 4.57 Å². The number of amides is 1. The number of hydrogen-bond acceptors (Lipinski definition) is 6. The Hall–Kier alpha value is -3.78. The highest BCUT2D eigenvalue weighted by atomic mass is 32.1. The molecule has 0 saturated carbocycles. The monoisotopic (exact) mass is 445 g/mol. The highest BCUT2D eigenvalue weighted by Gasteiger charge is 2.34. The van der Waals surface area contributed by atoms with E-state index in [9.17, 15) is 14.4 Å². The summed E-state index contributed by atoms with van der Waals surface area (Å²) in [5.74, 6) is -0.835. The van der Waals surface area contributed by atoms with Crippen LogP contribution in [0.4, 0.5) is 5.69 Å². The van der Waals surface area contributed by atoms with Crippen LogP contribution in [0.3, 0.4) is 0 Å². The minimum atomic E-state index is -0.694. The first-order valence-electron chi connectivity index (χ1n) is 10.2. The number of aromatic nitrogens is 1. The van der Waals surface area contributed by atoms with Crippen molar-refractivity contribution < 1.29 is 14.3 Å². The van der Waals surface area contributed by atoms with Gasteiger partial charge in [-0.2, -0.15) is 0 Å². The summed E-state index contributed by atoms with van der Waals surface area (Å²) in [6.07, 6.45) is 0. The Kier molecular flexibility index (Phi) is 4.86. The molecule has 8 heteroatoms. The van der Waals surface area contributed by atoms with E-state index in [0.29, 0.717) is 37.4 Å². The van der Waals surface area contributed by atoms with Crippen molar-refractivity contribution in [2.24, 2.45) is 4.99 Å². The summed E-state index contributed by atoms with van der Waals surface area (Å²) in [5, 5.41) is 2.82. The van der Waals surface area contributed by atoms with Gasteiger partial charge in [-0.05, 0) is 25.5 Å². The molecule has 1 amide bonds. The highest BCUT2D eigenvalue weighted by Crippen LogP contribution is 2.32. The molecule has 2 aliphatic heterocycles. The van der Waals surface area contributed by atoms with Crippen LogP contribution in [-0.4, -0.2) is 23.1 Å². The summed E-state index contributed by atoms with van der Waals surface area (Å²) in [7, 11) is 0. The molecule has 160 valence electrons. The van der Waals surface area contributed by atoms with Crippen LogP contribution < -0.4 is 20.2 Å². The first-order chi connectivity index (χ1) is 15.5. The van der Waals surface area contributed by atoms with Crippen molar-refractivity contribution in [1.29, 1.82) is 0 Å². The number of allylic oxidation sites excluding steroid dienone is 1. The Morgan fingerprint density at radius 3 is 2.59 bits per heavy atom. The van der Waals surface area contributed by atoms with E-state index in [0.717, 1.165) is 16.9 Å². The van der Waals surface area contributed by atoms with Crippen molar-refractivity contribution in [2.75, 3.05) is 11.9 Å². The van der Waals surface area contributed by atoms with E-state index in [1.807, 2.05) is 48.5 Å². The molecule has 1 N–H and O–H groups in total. The minimum absolute atomic E-state index is 0.211. The number of rotatable bonds is 3. The largest absolute Gasteiger partial charge is 0.463 e. The number of para-hydroxylation sites is 1. The molecule has 0 fully saturated rings. The zero-order valence-corrected chi connectivity index (χ0v) is 18.2. The smallest absolute Gasteiger partial charge is 0.338 e. The van der Waals surface area contributed by atoms with Crippen LogP contribution in [0.25, 0.3) is 5.57 Å². The van der Waals surface area contributed by atoms with Crippen molar-refractivity contribution in [2.45, 2.75) is 19.9 Å². The third-order valence-corrected chi connectivity index (χ3v) is 6.56. The maximum absolute atomic E-state index is 13.7. The first kappa shape index (κ1) is 20.1. The third-order valence-electron chi connectivity index (χ3n) is 5.51. The van der Waals surface area contributed by atoms with Gasteiger partial charge < -0.3 is 10.1 Å². The quantitative estimate of drug-likeness (QED) is 0.626. The number of carbonyl (C=O) groups excluding carboxylic acids is 2. The maximum Gasteiger partial charge on any atom is 0.338 e. The molecule has 2 aromatic carbocycles. The summed E-state index contributed by atoms with van der Waals surface area (Å²) >= 11 is 1.16. The van der Waals surface area contributed by atoms with E-state index in [-0.39, 0.29) is 18.1 Å². The normalized spacial score (nSPS) is 18.6. The lowest BCUT2D eigenvalue weighted by Crippen LogP contribution is -2.40. The average molecular weight is 446 g/mol. The van der Waals surface area contributed by atoms with Gasteiger partial charge in [-0.15, -0.1) is 0 Å². The van der Waals surface area contributed by atoms with Crippen LogP contribution in [0.2, 0.25) is 0 Å². The molecule has 32 heavy (non-hydrogen) atoms. The zero-order valence-electron chi connectivity index (χ0n) is 17.4. The number of fused-ring (bicyclic) bond motifs is 2. The molecule has 0 radical (unpaired) electrons. The number of benzene rings is 2. The van der Waals surface area contributed by atoms with Crippen LogP contribution in [0.5, 0.6) is 0 Å². The Morgan fingerprint density at radius 2 is 1.84 bits per heavy atom. The Balaban J connectivity index is 1.83. The second-order valence-electron chi connectivity index (χ2n) is 7.41. The topological polar surface area (TPSA) is 89.8 Å². The van der Waals surface area contributed by atoms with E-state index < -0.39 is 12.0 Å². The Bertz CT molecular complexity index is 1480. The van der Waals surface area contributed by atoms with Gasteiger partial charge in [-0.25, -0.2) is 9.79 Å². The van der Waals surface area contributed by atoms with Crippen LogP contribution >= 0.6 is 11.3 Å². The van der Waals surface area contributed by atoms with Crippen LogP contribution in [0.15, 0.2) is 75.7 Å². The standard InChI is InChI=1S/C24H19N3O4S/c1-3-31-23(30)17-13(2)25-24-27(19(17)14-9-5-4-6-10-14)22(29)20(32-24)18-15-11-7-8-12-16(15)26-21(18)28/h4-12,19H,3H2,1-2H3,(H,26,28)/b20-18-/t19-/m0/s1. The lowest BCUT2D eigenvalue weighted by molar-refractivity contribution is -0.139. The number of thiazole rings is 1. The Morgan fingerprint density at radius 1 is 1.12 bits per heavy atom. The molecule has 3 heterocycles. The van der Waals surface area contributed by atoms with Crippen molar-refractivity contribution in [3.63, 3.8) is 0 Å². The fourth-order valence-electron chi connectivity index (χ4n) is 4.14. The molecular weight excluding hydrogens is 426 g/mol. The van der Waals surface area contributed by atoms with Gasteiger partial charge >= 0.3 is 5.97 Å². The number of anilines is 1. The van der Waals surface area contributed by atoms with E-state index in [2.05, 4.69) is 10.3 Å². The molecular formula is C24H19N3O4S. The fourth-order valence-corrected chi connectivity index (χ4v) is 5.28. The number of esters is 1. The molecule has 0 spiro atoms. The Labute approximate surface area is 187 Å². The molecule has 5 rings (SSSR count). The van der Waals surface area contributed by atoms with E-state index in [4.69, 9.17) is 4.74 Å². The van der Waals surface area contributed by atoms with Crippen LogP contribution in [-0.2, 0) is 14.3 Å². The van der Waals surface area contributed by atoms with E-state index >= 15 is 0 Å². The zero-order chi connectivity index (χ0) is 22.4. The summed E-state index contributed by atoms with van der Waals surface area (Å²) in [6, 6.07) is 15.9. The van der Waals surface area contributed by atoms with E-state index in [1.54, 1.807) is 19.9 Å². The van der Waals surface area contributed by atoms with Gasteiger partial charge in [0.25, 0.3) is 11.5 Å². The second-order valence-corrected chi connectivity index (χ2v) is 8.39. The fraction of sp³-hybridized carbons (Fsp3) is 0.167. The molecule has 0 bridgehead atoms. The van der Waals surface area contributed by atoms with Gasteiger partial charge in [0.15, 0.2) is 4.80 Å². The number of hydrogen-bond donors (Lipinski definition) is 1. The lowest BCUT2D eigenvalue weighted by Gasteiger charge is -2.24. The summed E-state index contributed by atoms with van der Waals surface area (Å²) < 4.78 is 7.08. The maximum atomic E-state index is 13.7. The average Bonchev–Trinajstić information content (AvgIpc) is 3.28. The number of carbonyl (C=O) groups is 2. The molecule has 7 nitrogen and oxygen atoms in total. The predicted octanol–water partition coefficient (Wildman–Crippen LogP) is 2.12. The summed E-state index contributed by atoms with van der Waals surface area (Å²) in [6.45, 7) is 3.68. The van der Waals surface area contributed by atoms with Crippen molar-refractivity contribution >= 4 is 34.5 Å². The van der Waals surface area contributed by atoms with Crippen molar-refractivity contribution in [3.8, 4) is 0 Å². The molecule has 0 aliphatic carbocycles. The van der Waals surface area contributed by atoms with Gasteiger partial charge in [0, 0.05) is 11.3 Å². The van der Waals surface area contributed by atoms with Gasteiger partial charge in [-0.3, -0.25) is 14.2 Å². The minimum Gasteiger partial charge on any atom is -0.463 e. The van der Waals surface area contributed by atoms with Gasteiger partial charge in [-0.1, -0.05) is 59.9 Å². The second kappa shape index (κ2) is 7.72. The molecule has 1 aromatic heterocycles. The first-order valence-corrected chi connectivity index (χ1v) is 11.0. The number of ether oxygens (including phenoxy) is 1. The van der Waals surface area contributed by atoms with Gasteiger partial charge in [0.2, 0.25) is 0 Å². The third kappa shape index (κ3) is 3.03. The predicted molar refractivity (Wildman–Crippen MR) is 121 cm³/mol. The SMILES string of the molecule is CCOC(=O)C1=C(C)N=c2s/c(=C3\C(=O)Nc4ccccc43)c(=O)n2[C@H]1c1ccccc1. The van der Waals surface area contributed by atoms with Crippen LogP contribution in [0.1, 0.15) is 31.0 Å². The van der Waals surface area contributed by atoms with Crippen molar-refractivity contribution in [3.05, 3.63) is 96.7 Å². The van der Waals surface area contributed by atoms with Gasteiger partial charge in [0.1, 0.15) is 4.53 Å². The molecule has 2 aliphatic rings. The van der Waals surface area contributed by atoms with Gasteiger partial charge in [0.05, 0.1) is 29.5 Å². The lowest BCUT2D eigenvalue weighted by atomic mass is 9.96. The summed E-state index contributed by atoms with van der Waals surface area (Å²) in [4.78, 5) is 44.3. The molecule has 3 aromatic rings.